The van der Waals surface area contributed by atoms with Crippen molar-refractivity contribution in [2.45, 2.75) is 0 Å². The predicted octanol–water partition coefficient (Wildman–Crippen LogP) is 12.2. The highest BCUT2D eigenvalue weighted by Crippen LogP contribution is 2.38. The Morgan fingerprint density at radius 2 is 0.727 bits per heavy atom. The van der Waals surface area contributed by atoms with E-state index in [-0.39, 0.29) is 0 Å². The van der Waals surface area contributed by atoms with Crippen molar-refractivity contribution < 1.29 is 4.42 Å². The van der Waals surface area contributed by atoms with Gasteiger partial charge in [-0.3, -0.25) is 0 Å². The van der Waals surface area contributed by atoms with E-state index in [0.717, 1.165) is 77.8 Å². The zero-order chi connectivity index (χ0) is 36.6. The van der Waals surface area contributed by atoms with Gasteiger partial charge in [-0.1, -0.05) is 170 Å². The molecule has 6 heteroatoms. The summed E-state index contributed by atoms with van der Waals surface area (Å²) in [6.45, 7) is 0. The molecule has 0 spiro atoms. The minimum atomic E-state index is 0.583. The summed E-state index contributed by atoms with van der Waals surface area (Å²) in [6.07, 6.45) is 0. The van der Waals surface area contributed by atoms with Crippen molar-refractivity contribution >= 4 is 21.9 Å². The van der Waals surface area contributed by atoms with Crippen LogP contribution >= 0.6 is 0 Å². The standard InChI is InChI=1S/C49H31N5O/c1-5-14-33(15-6-1)42-31-43(34-16-7-2-8-17-34)51-46(50-42)37-26-24-32(25-27-37)39-22-13-23-41-40-29-28-38(30-44(40)55-45(39)41)49-53-47(35-18-9-3-10-19-35)52-48(54-49)36-20-11-4-12-21-36/h1-31H. The summed E-state index contributed by atoms with van der Waals surface area (Å²) in [7, 11) is 0. The van der Waals surface area contributed by atoms with Crippen molar-refractivity contribution in [1.29, 1.82) is 0 Å². The van der Waals surface area contributed by atoms with Crippen molar-refractivity contribution in [3.05, 3.63) is 188 Å². The Labute approximate surface area is 317 Å². The van der Waals surface area contributed by atoms with Crippen molar-refractivity contribution in [3.8, 4) is 79.2 Å². The van der Waals surface area contributed by atoms with Gasteiger partial charge in [0.2, 0.25) is 0 Å². The molecule has 55 heavy (non-hydrogen) atoms. The molecule has 0 unspecified atom stereocenters. The van der Waals surface area contributed by atoms with Gasteiger partial charge in [-0.2, -0.15) is 0 Å². The lowest BCUT2D eigenvalue weighted by atomic mass is 10.0. The SMILES string of the molecule is c1ccc(-c2cc(-c3ccccc3)nc(-c3ccc(-c4cccc5c4oc4cc(-c6nc(-c7ccccc7)nc(-c7ccccc7)n6)ccc45)cc3)n2)cc1. The van der Waals surface area contributed by atoms with E-state index in [9.17, 15) is 0 Å². The van der Waals surface area contributed by atoms with Crippen molar-refractivity contribution in [2.24, 2.45) is 0 Å². The molecule has 7 aromatic carbocycles. The molecule has 258 valence electrons. The maximum atomic E-state index is 6.68. The first kappa shape index (κ1) is 32.1. The fraction of sp³-hybridized carbons (Fsp3) is 0. The van der Waals surface area contributed by atoms with Gasteiger partial charge in [0.25, 0.3) is 0 Å². The van der Waals surface area contributed by atoms with Gasteiger partial charge >= 0.3 is 0 Å². The van der Waals surface area contributed by atoms with Crippen LogP contribution in [0.2, 0.25) is 0 Å². The zero-order valence-electron chi connectivity index (χ0n) is 29.5. The monoisotopic (exact) mass is 705 g/mol. The lowest BCUT2D eigenvalue weighted by Crippen LogP contribution is -2.00. The second kappa shape index (κ2) is 13.8. The lowest BCUT2D eigenvalue weighted by Gasteiger charge is -2.10. The summed E-state index contributed by atoms with van der Waals surface area (Å²) in [5, 5.41) is 2.07. The van der Waals surface area contributed by atoms with Crippen molar-refractivity contribution in [3.63, 3.8) is 0 Å². The lowest BCUT2D eigenvalue weighted by molar-refractivity contribution is 0.670. The van der Waals surface area contributed by atoms with Gasteiger partial charge < -0.3 is 4.42 Å². The Morgan fingerprint density at radius 1 is 0.291 bits per heavy atom. The third-order valence-electron chi connectivity index (χ3n) is 9.78. The number of fused-ring (bicyclic) bond motifs is 3. The van der Waals surface area contributed by atoms with Gasteiger partial charge in [0.15, 0.2) is 23.3 Å². The van der Waals surface area contributed by atoms with E-state index in [1.54, 1.807) is 0 Å². The summed E-state index contributed by atoms with van der Waals surface area (Å²) < 4.78 is 6.68. The summed E-state index contributed by atoms with van der Waals surface area (Å²) >= 11 is 0. The van der Waals surface area contributed by atoms with Crippen molar-refractivity contribution in [1.82, 2.24) is 24.9 Å². The Hall–Kier alpha value is -7.57. The van der Waals surface area contributed by atoms with Gasteiger partial charge in [-0.25, -0.2) is 24.9 Å². The molecule has 0 radical (unpaired) electrons. The average molecular weight is 706 g/mol. The molecule has 0 fully saturated rings. The number of para-hydroxylation sites is 1. The molecule has 0 bridgehead atoms. The van der Waals surface area contributed by atoms with Crippen LogP contribution in [0, 0.1) is 0 Å². The van der Waals surface area contributed by atoms with Gasteiger partial charge in [0.1, 0.15) is 11.2 Å². The average Bonchev–Trinajstić information content (AvgIpc) is 3.66. The van der Waals surface area contributed by atoms with Crippen LogP contribution in [0.5, 0.6) is 0 Å². The number of rotatable bonds is 7. The molecule has 0 saturated heterocycles. The number of furan rings is 1. The van der Waals surface area contributed by atoms with E-state index in [2.05, 4.69) is 84.9 Å². The number of benzene rings is 7. The van der Waals surface area contributed by atoms with E-state index in [0.29, 0.717) is 23.3 Å². The van der Waals surface area contributed by atoms with E-state index in [4.69, 9.17) is 29.3 Å². The molecule has 0 N–H and O–H groups in total. The van der Waals surface area contributed by atoms with E-state index < -0.39 is 0 Å². The fourth-order valence-corrected chi connectivity index (χ4v) is 6.99. The third-order valence-corrected chi connectivity index (χ3v) is 9.78. The van der Waals surface area contributed by atoms with Crippen molar-refractivity contribution in [2.75, 3.05) is 0 Å². The predicted molar refractivity (Wildman–Crippen MR) is 221 cm³/mol. The molecule has 0 aliphatic carbocycles. The van der Waals surface area contributed by atoms with E-state index in [1.165, 1.54) is 0 Å². The van der Waals surface area contributed by atoms with E-state index in [1.807, 2.05) is 103 Å². The Bertz CT molecular complexity index is 2830. The first-order valence-electron chi connectivity index (χ1n) is 18.2. The number of hydrogen-bond donors (Lipinski definition) is 0. The van der Waals surface area contributed by atoms with Crippen LogP contribution in [0.25, 0.3) is 101 Å². The van der Waals surface area contributed by atoms with Gasteiger partial charge in [0.05, 0.1) is 11.4 Å². The minimum Gasteiger partial charge on any atom is -0.455 e. The first-order valence-corrected chi connectivity index (χ1v) is 18.2. The molecule has 0 aliphatic rings. The molecule has 3 aromatic heterocycles. The molecular formula is C49H31N5O. The summed E-state index contributed by atoms with van der Waals surface area (Å²) in [4.78, 5) is 24.7. The highest BCUT2D eigenvalue weighted by molar-refractivity contribution is 6.10. The Kier molecular flexibility index (Phi) is 8.04. The molecule has 0 atom stereocenters. The van der Waals surface area contributed by atoms with Crippen LogP contribution in [0.15, 0.2) is 192 Å². The second-order valence-electron chi connectivity index (χ2n) is 13.3. The maximum Gasteiger partial charge on any atom is 0.164 e. The normalized spacial score (nSPS) is 11.3. The number of aromatic nitrogens is 5. The zero-order valence-corrected chi connectivity index (χ0v) is 29.5. The van der Waals surface area contributed by atoms with Gasteiger partial charge in [-0.05, 0) is 23.8 Å². The molecule has 0 saturated carbocycles. The van der Waals surface area contributed by atoms with Crippen LogP contribution in [0.1, 0.15) is 0 Å². The smallest absolute Gasteiger partial charge is 0.164 e. The number of hydrogen-bond acceptors (Lipinski definition) is 6. The summed E-state index contributed by atoms with van der Waals surface area (Å²) in [5.41, 5.74) is 11.1. The molecule has 0 aliphatic heterocycles. The first-order chi connectivity index (χ1) is 27.2. The van der Waals surface area contributed by atoms with Crippen LogP contribution in [0.4, 0.5) is 0 Å². The third kappa shape index (κ3) is 6.22. The second-order valence-corrected chi connectivity index (χ2v) is 13.3. The van der Waals surface area contributed by atoms with E-state index >= 15 is 0 Å². The summed E-state index contributed by atoms with van der Waals surface area (Å²) in [6, 6.07) is 63.4. The molecule has 0 amide bonds. The molecule has 10 rings (SSSR count). The topological polar surface area (TPSA) is 77.6 Å². The molecular weight excluding hydrogens is 675 g/mol. The van der Waals surface area contributed by atoms with Crippen LogP contribution < -0.4 is 0 Å². The van der Waals surface area contributed by atoms with Crippen LogP contribution in [0.3, 0.4) is 0 Å². The number of nitrogens with zero attached hydrogens (tertiary/aromatic N) is 5. The van der Waals surface area contributed by atoms with Crippen LogP contribution in [-0.2, 0) is 0 Å². The minimum absolute atomic E-state index is 0.583. The quantitative estimate of drug-likeness (QED) is 0.164. The van der Waals surface area contributed by atoms with Gasteiger partial charge in [0, 0.05) is 49.7 Å². The fourth-order valence-electron chi connectivity index (χ4n) is 6.99. The largest absolute Gasteiger partial charge is 0.455 e. The highest BCUT2D eigenvalue weighted by atomic mass is 16.3. The Balaban J connectivity index is 1.03. The Morgan fingerprint density at radius 3 is 1.27 bits per heavy atom. The molecule has 6 nitrogen and oxygen atoms in total. The van der Waals surface area contributed by atoms with Gasteiger partial charge in [-0.15, -0.1) is 0 Å². The highest BCUT2D eigenvalue weighted by Gasteiger charge is 2.17. The molecule has 3 heterocycles. The maximum absolute atomic E-state index is 6.68. The van der Waals surface area contributed by atoms with Crippen LogP contribution in [-0.4, -0.2) is 24.9 Å². The molecule has 10 aromatic rings. The summed E-state index contributed by atoms with van der Waals surface area (Å²) in [5.74, 6) is 2.49.